The van der Waals surface area contributed by atoms with Crippen LogP contribution in [0.5, 0.6) is 0 Å². The molecule has 2 aromatic heterocycles. The maximum absolute atomic E-state index is 12.9. The van der Waals surface area contributed by atoms with Gasteiger partial charge in [0.05, 0.1) is 28.8 Å². The van der Waals surface area contributed by atoms with E-state index in [0.29, 0.717) is 52.3 Å². The highest BCUT2D eigenvalue weighted by Gasteiger charge is 2.33. The van der Waals surface area contributed by atoms with Crippen molar-refractivity contribution >= 4 is 34.1 Å². The molecule has 158 valence electrons. The van der Waals surface area contributed by atoms with Gasteiger partial charge in [0.25, 0.3) is 17.2 Å². The molecular formula is C22H21N5O4. The average molecular weight is 419 g/mol. The summed E-state index contributed by atoms with van der Waals surface area (Å²) in [5.74, 6) is -0.452. The van der Waals surface area contributed by atoms with Crippen molar-refractivity contribution in [2.24, 2.45) is 13.0 Å². The van der Waals surface area contributed by atoms with Crippen LogP contribution in [0.4, 0.5) is 11.5 Å². The van der Waals surface area contributed by atoms with Crippen LogP contribution in [-0.4, -0.2) is 58.1 Å². The SMILES string of the molecule is CN1C(=O)C(=O)c2cc(-c3cc4ncn(C)c(=O)c4c(N4CCC(CO)C4)n3)ccc21. The van der Waals surface area contributed by atoms with Gasteiger partial charge in [0, 0.05) is 45.3 Å². The molecule has 9 heteroatoms. The lowest BCUT2D eigenvalue weighted by Gasteiger charge is -2.20. The molecule has 0 radical (unpaired) electrons. The molecule has 0 bridgehead atoms. The highest BCUT2D eigenvalue weighted by Crippen LogP contribution is 2.34. The standard InChI is InChI=1S/C22H21N5O4/c1-25-11-23-16-8-15(13-3-4-17-14(7-13)19(29)22(31)26(17)2)24-20(18(16)21(25)30)27-6-5-12(9-27)10-28/h3-4,7-8,11-12,28H,5-6,9-10H2,1-2H3. The van der Waals surface area contributed by atoms with E-state index in [-0.39, 0.29) is 18.1 Å². The van der Waals surface area contributed by atoms with Gasteiger partial charge in [-0.3, -0.25) is 14.4 Å². The fourth-order valence-electron chi connectivity index (χ4n) is 4.30. The summed E-state index contributed by atoms with van der Waals surface area (Å²) >= 11 is 0. The number of hydrogen-bond acceptors (Lipinski definition) is 7. The van der Waals surface area contributed by atoms with E-state index in [4.69, 9.17) is 4.98 Å². The number of likely N-dealkylation sites (N-methyl/N-ethyl adjacent to an activating group) is 1. The van der Waals surface area contributed by atoms with Crippen LogP contribution in [0.25, 0.3) is 22.2 Å². The molecule has 2 aliphatic heterocycles. The van der Waals surface area contributed by atoms with Crippen molar-refractivity contribution in [2.45, 2.75) is 6.42 Å². The highest BCUT2D eigenvalue weighted by molar-refractivity contribution is 6.52. The van der Waals surface area contributed by atoms with Gasteiger partial charge in [-0.15, -0.1) is 0 Å². The van der Waals surface area contributed by atoms with E-state index in [9.17, 15) is 19.5 Å². The lowest BCUT2D eigenvalue weighted by Crippen LogP contribution is -2.26. The van der Waals surface area contributed by atoms with Gasteiger partial charge >= 0.3 is 0 Å². The Labute approximate surface area is 177 Å². The molecule has 1 saturated heterocycles. The van der Waals surface area contributed by atoms with Gasteiger partial charge in [-0.25, -0.2) is 9.97 Å². The Bertz CT molecular complexity index is 1320. The third-order valence-corrected chi connectivity index (χ3v) is 6.12. The van der Waals surface area contributed by atoms with Crippen LogP contribution in [0.15, 0.2) is 35.4 Å². The number of aliphatic hydroxyl groups excluding tert-OH is 1. The minimum atomic E-state index is -0.559. The number of aliphatic hydroxyl groups is 1. The van der Waals surface area contributed by atoms with Crippen LogP contribution in [0.3, 0.4) is 0 Å². The van der Waals surface area contributed by atoms with E-state index >= 15 is 0 Å². The predicted octanol–water partition coefficient (Wildman–Crippen LogP) is 0.973. The Morgan fingerprint density at radius 3 is 2.71 bits per heavy atom. The maximum atomic E-state index is 12.9. The number of carbonyl (C=O) groups excluding carboxylic acids is 2. The third-order valence-electron chi connectivity index (χ3n) is 6.12. The summed E-state index contributed by atoms with van der Waals surface area (Å²) in [6, 6.07) is 6.93. The first-order valence-corrected chi connectivity index (χ1v) is 10.1. The minimum absolute atomic E-state index is 0.0822. The number of benzene rings is 1. The summed E-state index contributed by atoms with van der Waals surface area (Å²) in [6.07, 6.45) is 2.28. The first-order valence-electron chi connectivity index (χ1n) is 10.1. The molecule has 1 fully saturated rings. The van der Waals surface area contributed by atoms with Gasteiger partial charge < -0.3 is 19.5 Å². The summed E-state index contributed by atoms with van der Waals surface area (Å²) in [7, 11) is 3.22. The van der Waals surface area contributed by atoms with Crippen molar-refractivity contribution in [3.63, 3.8) is 0 Å². The quantitative estimate of drug-likeness (QED) is 0.630. The second kappa shape index (κ2) is 6.98. The Hall–Kier alpha value is -3.59. The molecule has 0 aliphatic carbocycles. The molecule has 1 unspecified atom stereocenters. The molecule has 0 saturated carbocycles. The number of anilines is 2. The van der Waals surface area contributed by atoms with Crippen molar-refractivity contribution in [3.8, 4) is 11.3 Å². The summed E-state index contributed by atoms with van der Waals surface area (Å²) in [4.78, 5) is 49.8. The molecule has 31 heavy (non-hydrogen) atoms. The molecule has 1 aromatic carbocycles. The van der Waals surface area contributed by atoms with Gasteiger partial charge in [0.15, 0.2) is 0 Å². The summed E-state index contributed by atoms with van der Waals surface area (Å²) < 4.78 is 1.42. The Morgan fingerprint density at radius 1 is 1.16 bits per heavy atom. The van der Waals surface area contributed by atoms with Gasteiger partial charge in [0.1, 0.15) is 11.2 Å². The number of ketones is 1. The van der Waals surface area contributed by atoms with Crippen molar-refractivity contribution in [3.05, 3.63) is 46.5 Å². The molecule has 9 nitrogen and oxygen atoms in total. The summed E-state index contributed by atoms with van der Waals surface area (Å²) in [5, 5.41) is 9.97. The molecule has 0 spiro atoms. The molecule has 1 amide bonds. The molecular weight excluding hydrogens is 398 g/mol. The Morgan fingerprint density at radius 2 is 1.97 bits per heavy atom. The smallest absolute Gasteiger partial charge is 0.299 e. The lowest BCUT2D eigenvalue weighted by atomic mass is 10.0. The first kappa shape index (κ1) is 19.4. The molecule has 3 aromatic rings. The van der Waals surface area contributed by atoms with E-state index < -0.39 is 11.7 Å². The van der Waals surface area contributed by atoms with Gasteiger partial charge in [-0.05, 0) is 24.6 Å². The normalized spacial score (nSPS) is 18.4. The zero-order valence-corrected chi connectivity index (χ0v) is 17.2. The number of hydrogen-bond donors (Lipinski definition) is 1. The zero-order valence-electron chi connectivity index (χ0n) is 17.2. The lowest BCUT2D eigenvalue weighted by molar-refractivity contribution is -0.114. The molecule has 1 N–H and O–H groups in total. The fraction of sp³-hybridized carbons (Fsp3) is 0.318. The zero-order chi connectivity index (χ0) is 21.9. The first-order chi connectivity index (χ1) is 14.9. The number of rotatable bonds is 3. The van der Waals surface area contributed by atoms with E-state index in [2.05, 4.69) is 4.98 Å². The summed E-state index contributed by atoms with van der Waals surface area (Å²) in [5.41, 5.74) is 2.45. The molecule has 4 heterocycles. The second-order valence-corrected chi connectivity index (χ2v) is 8.09. The van der Waals surface area contributed by atoms with Gasteiger partial charge in [-0.2, -0.15) is 0 Å². The fourth-order valence-corrected chi connectivity index (χ4v) is 4.30. The van der Waals surface area contributed by atoms with Crippen LogP contribution < -0.4 is 15.4 Å². The number of aryl methyl sites for hydroxylation is 1. The number of pyridine rings is 1. The Balaban J connectivity index is 1.70. The van der Waals surface area contributed by atoms with Crippen molar-refractivity contribution < 1.29 is 14.7 Å². The number of Topliss-reactive ketones (excluding diaryl/α,β-unsaturated/α-hetero) is 1. The van der Waals surface area contributed by atoms with Gasteiger partial charge in [-0.1, -0.05) is 6.07 Å². The van der Waals surface area contributed by atoms with E-state index in [1.165, 1.54) is 15.8 Å². The number of aromatic nitrogens is 3. The second-order valence-electron chi connectivity index (χ2n) is 8.09. The van der Waals surface area contributed by atoms with Crippen molar-refractivity contribution in [1.82, 2.24) is 14.5 Å². The average Bonchev–Trinajstić information content (AvgIpc) is 3.35. The van der Waals surface area contributed by atoms with E-state index in [0.717, 1.165) is 6.42 Å². The molecule has 1 atom stereocenters. The summed E-state index contributed by atoms with van der Waals surface area (Å²) in [6.45, 7) is 1.36. The monoisotopic (exact) mass is 419 g/mol. The topological polar surface area (TPSA) is 109 Å². The number of carbonyl (C=O) groups is 2. The van der Waals surface area contributed by atoms with Crippen LogP contribution in [-0.2, 0) is 11.8 Å². The van der Waals surface area contributed by atoms with Gasteiger partial charge in [0.2, 0.25) is 0 Å². The van der Waals surface area contributed by atoms with Crippen LogP contribution in [0.1, 0.15) is 16.8 Å². The number of amides is 1. The van der Waals surface area contributed by atoms with E-state index in [1.54, 1.807) is 38.4 Å². The van der Waals surface area contributed by atoms with Crippen molar-refractivity contribution in [1.29, 1.82) is 0 Å². The maximum Gasteiger partial charge on any atom is 0.299 e. The highest BCUT2D eigenvalue weighted by atomic mass is 16.3. The largest absolute Gasteiger partial charge is 0.396 e. The third kappa shape index (κ3) is 2.92. The minimum Gasteiger partial charge on any atom is -0.396 e. The van der Waals surface area contributed by atoms with Crippen molar-refractivity contribution in [2.75, 3.05) is 36.5 Å². The van der Waals surface area contributed by atoms with Crippen LogP contribution in [0.2, 0.25) is 0 Å². The van der Waals surface area contributed by atoms with Crippen LogP contribution >= 0.6 is 0 Å². The van der Waals surface area contributed by atoms with Crippen LogP contribution in [0, 0.1) is 5.92 Å². The molecule has 5 rings (SSSR count). The van der Waals surface area contributed by atoms with E-state index in [1.807, 2.05) is 4.90 Å². The number of fused-ring (bicyclic) bond motifs is 2. The predicted molar refractivity (Wildman–Crippen MR) is 115 cm³/mol. The number of nitrogens with zero attached hydrogens (tertiary/aromatic N) is 5. The Kier molecular flexibility index (Phi) is 4.37. The molecule has 2 aliphatic rings.